The Kier molecular flexibility index (Phi) is 5.41. The van der Waals surface area contributed by atoms with E-state index in [1.165, 1.54) is 18.5 Å². The lowest BCUT2D eigenvalue weighted by atomic mass is 10.1. The first-order valence-electron chi connectivity index (χ1n) is 8.21. The second-order valence-corrected chi connectivity index (χ2v) is 6.33. The van der Waals surface area contributed by atoms with Crippen LogP contribution in [0.15, 0.2) is 36.5 Å². The molecule has 6 heteroatoms. The summed E-state index contributed by atoms with van der Waals surface area (Å²) in [7, 11) is 1.96. The SMILES string of the molecule is Cn1ncc(CN(CCOc2ccccc2)C(=O)CCl)c1C1CC1. The Bertz CT molecular complexity index is 683. The van der Waals surface area contributed by atoms with Crippen molar-refractivity contribution in [1.29, 1.82) is 0 Å². The van der Waals surface area contributed by atoms with Gasteiger partial charge in [-0.2, -0.15) is 5.10 Å². The fraction of sp³-hybridized carbons (Fsp3) is 0.444. The van der Waals surface area contributed by atoms with Crippen LogP contribution in [0.4, 0.5) is 0 Å². The molecule has 5 nitrogen and oxygen atoms in total. The molecule has 0 unspecified atom stereocenters. The number of nitrogens with zero attached hydrogens (tertiary/aromatic N) is 3. The number of halogens is 1. The summed E-state index contributed by atoms with van der Waals surface area (Å²) in [5, 5.41) is 4.36. The molecule has 0 spiro atoms. The van der Waals surface area contributed by atoms with E-state index in [0.717, 1.165) is 11.3 Å². The smallest absolute Gasteiger partial charge is 0.237 e. The topological polar surface area (TPSA) is 47.4 Å². The van der Waals surface area contributed by atoms with Gasteiger partial charge in [0.1, 0.15) is 18.2 Å². The van der Waals surface area contributed by atoms with E-state index >= 15 is 0 Å². The number of carbonyl (C=O) groups is 1. The summed E-state index contributed by atoms with van der Waals surface area (Å²) >= 11 is 5.78. The van der Waals surface area contributed by atoms with Crippen LogP contribution in [0.5, 0.6) is 5.75 Å². The minimum absolute atomic E-state index is 0.0235. The molecule has 128 valence electrons. The van der Waals surface area contributed by atoms with Gasteiger partial charge < -0.3 is 9.64 Å². The van der Waals surface area contributed by atoms with Crippen molar-refractivity contribution in [2.75, 3.05) is 19.0 Å². The third-order valence-electron chi connectivity index (χ3n) is 4.23. The van der Waals surface area contributed by atoms with Gasteiger partial charge in [0.25, 0.3) is 0 Å². The molecule has 24 heavy (non-hydrogen) atoms. The highest BCUT2D eigenvalue weighted by Gasteiger charge is 2.30. The molecule has 1 heterocycles. The quantitative estimate of drug-likeness (QED) is 0.690. The first-order valence-corrected chi connectivity index (χ1v) is 8.75. The number of hydrogen-bond acceptors (Lipinski definition) is 3. The number of amides is 1. The Hall–Kier alpha value is -2.01. The van der Waals surface area contributed by atoms with Gasteiger partial charge in [0.15, 0.2) is 0 Å². The average molecular weight is 348 g/mol. The maximum absolute atomic E-state index is 12.2. The maximum atomic E-state index is 12.2. The zero-order valence-electron chi connectivity index (χ0n) is 13.8. The van der Waals surface area contributed by atoms with Gasteiger partial charge in [-0.25, -0.2) is 0 Å². The van der Waals surface area contributed by atoms with Crippen LogP contribution in [0.1, 0.15) is 30.0 Å². The summed E-state index contributed by atoms with van der Waals surface area (Å²) in [5.74, 6) is 1.28. The van der Waals surface area contributed by atoms with Gasteiger partial charge in [0.2, 0.25) is 5.91 Å². The predicted octanol–water partition coefficient (Wildman–Crippen LogP) is 2.94. The van der Waals surface area contributed by atoms with Crippen LogP contribution in [0.2, 0.25) is 0 Å². The largest absolute Gasteiger partial charge is 0.492 e. The molecular weight excluding hydrogens is 326 g/mol. The predicted molar refractivity (Wildman–Crippen MR) is 93.3 cm³/mol. The average Bonchev–Trinajstić information content (AvgIpc) is 3.37. The molecule has 0 bridgehead atoms. The van der Waals surface area contributed by atoms with Gasteiger partial charge in [-0.3, -0.25) is 9.48 Å². The van der Waals surface area contributed by atoms with Crippen molar-refractivity contribution >= 4 is 17.5 Å². The molecule has 1 fully saturated rings. The van der Waals surface area contributed by atoms with E-state index in [4.69, 9.17) is 16.3 Å². The van der Waals surface area contributed by atoms with Crippen LogP contribution >= 0.6 is 11.6 Å². The summed E-state index contributed by atoms with van der Waals surface area (Å²) in [6, 6.07) is 9.60. The highest BCUT2D eigenvalue weighted by Crippen LogP contribution is 2.41. The number of hydrogen-bond donors (Lipinski definition) is 0. The molecular formula is C18H22ClN3O2. The number of aryl methyl sites for hydroxylation is 1. The number of benzene rings is 1. The Morgan fingerprint density at radius 2 is 2.12 bits per heavy atom. The lowest BCUT2D eigenvalue weighted by Crippen LogP contribution is -2.35. The standard InChI is InChI=1S/C18H22ClN3O2/c1-21-18(14-7-8-14)15(12-20-21)13-22(17(23)11-19)9-10-24-16-5-3-2-4-6-16/h2-6,12,14H,7-11,13H2,1H3. The normalized spacial score (nSPS) is 13.8. The van der Waals surface area contributed by atoms with Crippen LogP contribution in [0, 0.1) is 0 Å². The van der Waals surface area contributed by atoms with Crippen molar-refractivity contribution in [3.05, 3.63) is 47.8 Å². The minimum Gasteiger partial charge on any atom is -0.492 e. The van der Waals surface area contributed by atoms with E-state index in [9.17, 15) is 4.79 Å². The van der Waals surface area contributed by atoms with Crippen LogP contribution in [-0.2, 0) is 18.4 Å². The van der Waals surface area contributed by atoms with Crippen molar-refractivity contribution in [3.8, 4) is 5.75 Å². The fourth-order valence-electron chi connectivity index (χ4n) is 2.87. The molecule has 3 rings (SSSR count). The molecule has 0 aliphatic heterocycles. The van der Waals surface area contributed by atoms with Gasteiger partial charge >= 0.3 is 0 Å². The van der Waals surface area contributed by atoms with E-state index in [2.05, 4.69) is 5.10 Å². The van der Waals surface area contributed by atoms with Crippen LogP contribution < -0.4 is 4.74 Å². The number of alkyl halides is 1. The number of ether oxygens (including phenoxy) is 1. The summed E-state index contributed by atoms with van der Waals surface area (Å²) in [5.41, 5.74) is 2.35. The zero-order valence-corrected chi connectivity index (χ0v) is 14.6. The van der Waals surface area contributed by atoms with E-state index in [-0.39, 0.29) is 11.8 Å². The van der Waals surface area contributed by atoms with Crippen molar-refractivity contribution in [3.63, 3.8) is 0 Å². The number of carbonyl (C=O) groups excluding carboxylic acids is 1. The molecule has 1 saturated carbocycles. The van der Waals surface area contributed by atoms with E-state index in [1.54, 1.807) is 4.90 Å². The molecule has 0 atom stereocenters. The number of aromatic nitrogens is 2. The fourth-order valence-corrected chi connectivity index (χ4v) is 3.04. The molecule has 0 N–H and O–H groups in total. The Morgan fingerprint density at radius 1 is 1.38 bits per heavy atom. The molecule has 1 aromatic heterocycles. The summed E-state index contributed by atoms with van der Waals surface area (Å²) in [4.78, 5) is 13.9. The van der Waals surface area contributed by atoms with Crippen molar-refractivity contribution in [2.45, 2.75) is 25.3 Å². The lowest BCUT2D eigenvalue weighted by molar-refractivity contribution is -0.129. The maximum Gasteiger partial charge on any atom is 0.237 e. The second kappa shape index (κ2) is 7.71. The molecule has 2 aromatic rings. The monoisotopic (exact) mass is 347 g/mol. The molecule has 1 aliphatic rings. The molecule has 0 radical (unpaired) electrons. The van der Waals surface area contributed by atoms with Gasteiger partial charge in [0, 0.05) is 30.8 Å². The third kappa shape index (κ3) is 4.09. The first kappa shape index (κ1) is 16.8. The lowest BCUT2D eigenvalue weighted by Gasteiger charge is -2.22. The van der Waals surface area contributed by atoms with Gasteiger partial charge in [-0.1, -0.05) is 18.2 Å². The molecule has 0 saturated heterocycles. The van der Waals surface area contributed by atoms with E-state index in [1.807, 2.05) is 48.3 Å². The van der Waals surface area contributed by atoms with Gasteiger partial charge in [-0.05, 0) is 25.0 Å². The highest BCUT2D eigenvalue weighted by molar-refractivity contribution is 6.27. The molecule has 1 aromatic carbocycles. The summed E-state index contributed by atoms with van der Waals surface area (Å²) < 4.78 is 7.63. The molecule has 1 aliphatic carbocycles. The van der Waals surface area contributed by atoms with Gasteiger partial charge in [-0.15, -0.1) is 11.6 Å². The van der Waals surface area contributed by atoms with E-state index in [0.29, 0.717) is 25.6 Å². The number of rotatable bonds is 8. The van der Waals surface area contributed by atoms with Crippen molar-refractivity contribution in [1.82, 2.24) is 14.7 Å². The third-order valence-corrected chi connectivity index (χ3v) is 4.46. The Balaban J connectivity index is 1.63. The van der Waals surface area contributed by atoms with Crippen LogP contribution in [0.3, 0.4) is 0 Å². The van der Waals surface area contributed by atoms with Gasteiger partial charge in [0.05, 0.1) is 12.7 Å². The van der Waals surface area contributed by atoms with Crippen molar-refractivity contribution < 1.29 is 9.53 Å². The minimum atomic E-state index is -0.0843. The number of para-hydroxylation sites is 1. The van der Waals surface area contributed by atoms with Crippen LogP contribution in [-0.4, -0.2) is 39.6 Å². The Labute approximate surface area is 147 Å². The first-order chi connectivity index (χ1) is 11.7. The van der Waals surface area contributed by atoms with Crippen molar-refractivity contribution in [2.24, 2.45) is 7.05 Å². The summed E-state index contributed by atoms with van der Waals surface area (Å²) in [6.45, 7) is 1.47. The van der Waals surface area contributed by atoms with E-state index < -0.39 is 0 Å². The molecule has 1 amide bonds. The Morgan fingerprint density at radius 3 is 2.79 bits per heavy atom. The second-order valence-electron chi connectivity index (χ2n) is 6.06. The van der Waals surface area contributed by atoms with Crippen LogP contribution in [0.25, 0.3) is 0 Å². The summed E-state index contributed by atoms with van der Waals surface area (Å²) in [6.07, 6.45) is 4.26. The zero-order chi connectivity index (χ0) is 16.9. The highest BCUT2D eigenvalue weighted by atomic mass is 35.5.